The van der Waals surface area contributed by atoms with Crippen molar-refractivity contribution in [3.05, 3.63) is 28.0 Å². The van der Waals surface area contributed by atoms with Crippen LogP contribution in [0.4, 0.5) is 13.2 Å². The number of hydrogen-bond donors (Lipinski definition) is 0. The first-order valence-corrected chi connectivity index (χ1v) is 7.67. The van der Waals surface area contributed by atoms with E-state index >= 15 is 0 Å². The van der Waals surface area contributed by atoms with Gasteiger partial charge in [-0.05, 0) is 67.6 Å². The number of pyridine rings is 1. The highest BCUT2D eigenvalue weighted by Gasteiger charge is 2.36. The second-order valence-electron chi connectivity index (χ2n) is 5.63. The molecule has 1 fully saturated rings. The third kappa shape index (κ3) is 4.40. The highest BCUT2D eigenvalue weighted by molar-refractivity contribution is 9.10. The summed E-state index contributed by atoms with van der Waals surface area (Å²) in [5.74, 6) is 0. The lowest BCUT2D eigenvalue weighted by atomic mass is 10.0. The fourth-order valence-corrected chi connectivity index (χ4v) is 3.07. The third-order valence-electron chi connectivity index (χ3n) is 3.88. The lowest BCUT2D eigenvalue weighted by Crippen LogP contribution is -2.41. The molecule has 0 spiro atoms. The second kappa shape index (κ2) is 6.62. The van der Waals surface area contributed by atoms with E-state index in [1.807, 2.05) is 14.1 Å². The summed E-state index contributed by atoms with van der Waals surface area (Å²) < 4.78 is 39.6. The van der Waals surface area contributed by atoms with Crippen molar-refractivity contribution >= 4 is 15.9 Å². The summed E-state index contributed by atoms with van der Waals surface area (Å²) in [7, 11) is 4.08. The van der Waals surface area contributed by atoms with Gasteiger partial charge in [0.15, 0.2) is 0 Å². The first-order valence-electron chi connectivity index (χ1n) is 6.88. The van der Waals surface area contributed by atoms with Crippen LogP contribution in [0.5, 0.6) is 0 Å². The predicted octanol–water partition coefficient (Wildman–Crippen LogP) is 3.39. The molecule has 1 aliphatic rings. The van der Waals surface area contributed by atoms with E-state index in [-0.39, 0.29) is 5.56 Å². The van der Waals surface area contributed by atoms with Crippen molar-refractivity contribution in [2.24, 2.45) is 0 Å². The van der Waals surface area contributed by atoms with Crippen molar-refractivity contribution in [3.63, 3.8) is 0 Å². The van der Waals surface area contributed by atoms with Crippen molar-refractivity contribution in [2.45, 2.75) is 31.6 Å². The molecule has 0 bridgehead atoms. The van der Waals surface area contributed by atoms with E-state index in [0.717, 1.165) is 25.9 Å². The average Bonchev–Trinajstić information content (AvgIpc) is 2.38. The Labute approximate surface area is 131 Å². The van der Waals surface area contributed by atoms with Crippen LogP contribution in [0.25, 0.3) is 0 Å². The number of hydrogen-bond acceptors (Lipinski definition) is 3. The Morgan fingerprint density at radius 1 is 1.33 bits per heavy atom. The molecular formula is C14H19BrF3N3. The smallest absolute Gasteiger partial charge is 0.306 e. The number of alkyl halides is 3. The monoisotopic (exact) mass is 365 g/mol. The molecule has 1 aromatic heterocycles. The molecule has 0 aromatic carbocycles. The Kier molecular flexibility index (Phi) is 5.27. The van der Waals surface area contributed by atoms with Crippen LogP contribution in [-0.4, -0.2) is 48.0 Å². The molecule has 0 radical (unpaired) electrons. The fraction of sp³-hybridized carbons (Fsp3) is 0.643. The first-order chi connectivity index (χ1) is 9.77. The summed E-state index contributed by atoms with van der Waals surface area (Å²) >= 11 is 3.20. The maximum atomic E-state index is 13.0. The summed E-state index contributed by atoms with van der Waals surface area (Å²) in [6, 6.07) is 2.04. The van der Waals surface area contributed by atoms with Gasteiger partial charge >= 0.3 is 6.18 Å². The summed E-state index contributed by atoms with van der Waals surface area (Å²) in [6.45, 7) is 1.92. The highest BCUT2D eigenvalue weighted by atomic mass is 79.9. The van der Waals surface area contributed by atoms with E-state index in [9.17, 15) is 13.2 Å². The largest absolute Gasteiger partial charge is 0.433 e. The minimum atomic E-state index is -4.40. The maximum absolute atomic E-state index is 13.0. The molecule has 2 rings (SSSR count). The summed E-state index contributed by atoms with van der Waals surface area (Å²) in [4.78, 5) is 7.80. The van der Waals surface area contributed by atoms with Gasteiger partial charge in [0.05, 0.1) is 0 Å². The molecule has 0 aliphatic carbocycles. The van der Waals surface area contributed by atoms with Crippen LogP contribution in [-0.2, 0) is 12.7 Å². The SMILES string of the molecule is CN(C)C1CCN(Cc2cc(Br)cnc2C(F)(F)F)CC1. The van der Waals surface area contributed by atoms with Crippen LogP contribution in [0, 0.1) is 0 Å². The minimum absolute atomic E-state index is 0.236. The van der Waals surface area contributed by atoms with Crippen molar-refractivity contribution in [1.82, 2.24) is 14.8 Å². The molecule has 0 saturated carbocycles. The molecule has 1 aliphatic heterocycles. The van der Waals surface area contributed by atoms with Gasteiger partial charge in [0.25, 0.3) is 0 Å². The molecule has 1 aromatic rings. The Hall–Kier alpha value is -0.660. The summed E-state index contributed by atoms with van der Waals surface area (Å²) in [5.41, 5.74) is -0.541. The van der Waals surface area contributed by atoms with Crippen molar-refractivity contribution < 1.29 is 13.2 Å². The van der Waals surface area contributed by atoms with Gasteiger partial charge in [0, 0.05) is 23.3 Å². The molecule has 0 atom stereocenters. The Balaban J connectivity index is 2.08. The van der Waals surface area contributed by atoms with Crippen LogP contribution in [0.2, 0.25) is 0 Å². The topological polar surface area (TPSA) is 19.4 Å². The molecule has 1 saturated heterocycles. The van der Waals surface area contributed by atoms with Gasteiger partial charge in [-0.25, -0.2) is 0 Å². The van der Waals surface area contributed by atoms with E-state index < -0.39 is 11.9 Å². The van der Waals surface area contributed by atoms with Crippen LogP contribution in [0.3, 0.4) is 0 Å². The van der Waals surface area contributed by atoms with Crippen LogP contribution >= 0.6 is 15.9 Å². The highest BCUT2D eigenvalue weighted by Crippen LogP contribution is 2.32. The van der Waals surface area contributed by atoms with Crippen molar-refractivity contribution in [3.8, 4) is 0 Å². The van der Waals surface area contributed by atoms with Crippen LogP contribution < -0.4 is 0 Å². The predicted molar refractivity (Wildman–Crippen MR) is 78.9 cm³/mol. The minimum Gasteiger partial charge on any atom is -0.306 e. The summed E-state index contributed by atoms with van der Waals surface area (Å²) in [6.07, 6.45) is -1.24. The Morgan fingerprint density at radius 2 is 1.95 bits per heavy atom. The molecule has 2 heterocycles. The average molecular weight is 366 g/mol. The molecule has 118 valence electrons. The zero-order valence-electron chi connectivity index (χ0n) is 12.1. The van der Waals surface area contributed by atoms with E-state index in [1.165, 1.54) is 12.3 Å². The van der Waals surface area contributed by atoms with Gasteiger partial charge in [-0.2, -0.15) is 13.2 Å². The van der Waals surface area contributed by atoms with Crippen LogP contribution in [0.15, 0.2) is 16.7 Å². The first kappa shape index (κ1) is 16.7. The Morgan fingerprint density at radius 3 is 2.48 bits per heavy atom. The summed E-state index contributed by atoms with van der Waals surface area (Å²) in [5, 5.41) is 0. The second-order valence-corrected chi connectivity index (χ2v) is 6.55. The zero-order valence-corrected chi connectivity index (χ0v) is 13.7. The van der Waals surface area contributed by atoms with E-state index in [0.29, 0.717) is 17.1 Å². The maximum Gasteiger partial charge on any atom is 0.433 e. The fourth-order valence-electron chi connectivity index (χ4n) is 2.69. The quantitative estimate of drug-likeness (QED) is 0.818. The number of halogens is 4. The van der Waals surface area contributed by atoms with Crippen molar-refractivity contribution in [1.29, 1.82) is 0 Å². The number of likely N-dealkylation sites (tertiary alicyclic amines) is 1. The number of nitrogens with zero attached hydrogens (tertiary/aromatic N) is 3. The van der Waals surface area contributed by atoms with Gasteiger partial charge in [-0.1, -0.05) is 0 Å². The molecule has 0 unspecified atom stereocenters. The molecule has 0 amide bonds. The molecular weight excluding hydrogens is 347 g/mol. The molecule has 7 heteroatoms. The third-order valence-corrected chi connectivity index (χ3v) is 4.32. The van der Waals surface area contributed by atoms with Crippen molar-refractivity contribution in [2.75, 3.05) is 27.2 Å². The lowest BCUT2D eigenvalue weighted by molar-refractivity contribution is -0.142. The lowest BCUT2D eigenvalue weighted by Gasteiger charge is -2.35. The molecule has 0 N–H and O–H groups in total. The van der Waals surface area contributed by atoms with Crippen LogP contribution in [0.1, 0.15) is 24.1 Å². The van der Waals surface area contributed by atoms with E-state index in [2.05, 4.69) is 30.7 Å². The van der Waals surface area contributed by atoms with Gasteiger partial charge in [0.2, 0.25) is 0 Å². The zero-order chi connectivity index (χ0) is 15.6. The standard InChI is InChI=1S/C14H19BrF3N3/c1-20(2)12-3-5-21(6-4-12)9-10-7-11(15)8-19-13(10)14(16,17)18/h7-8,12H,3-6,9H2,1-2H3. The van der Waals surface area contributed by atoms with E-state index in [1.54, 1.807) is 0 Å². The van der Waals surface area contributed by atoms with Gasteiger partial charge in [-0.3, -0.25) is 9.88 Å². The molecule has 21 heavy (non-hydrogen) atoms. The van der Waals surface area contributed by atoms with Gasteiger partial charge in [0.1, 0.15) is 5.69 Å². The van der Waals surface area contributed by atoms with E-state index in [4.69, 9.17) is 0 Å². The number of rotatable bonds is 3. The number of piperidine rings is 1. The molecule has 3 nitrogen and oxygen atoms in total. The van der Waals surface area contributed by atoms with Gasteiger partial charge < -0.3 is 4.90 Å². The number of aromatic nitrogens is 1. The normalized spacial score (nSPS) is 18.4. The van der Waals surface area contributed by atoms with Gasteiger partial charge in [-0.15, -0.1) is 0 Å². The Bertz CT molecular complexity index is 483.